The van der Waals surface area contributed by atoms with Gasteiger partial charge in [0, 0.05) is 15.6 Å². The highest BCUT2D eigenvalue weighted by atomic mass is 35.5. The van der Waals surface area contributed by atoms with Crippen molar-refractivity contribution in [2.24, 2.45) is 0 Å². The highest BCUT2D eigenvalue weighted by Gasteiger charge is 2.41. The van der Waals surface area contributed by atoms with Gasteiger partial charge in [-0.05, 0) is 54.6 Å². The molecule has 2 amide bonds. The number of carbonyl (C=O) groups excluding carboxylic acids is 2. The number of thioether (sulfide) groups is 1. The van der Waals surface area contributed by atoms with Gasteiger partial charge in [0.15, 0.2) is 0 Å². The molecule has 1 heterocycles. The van der Waals surface area contributed by atoms with Crippen molar-refractivity contribution in [1.29, 1.82) is 0 Å². The lowest BCUT2D eigenvalue weighted by atomic mass is 10.3. The minimum absolute atomic E-state index is 0.0735. The van der Waals surface area contributed by atoms with E-state index in [2.05, 4.69) is 5.32 Å². The number of amides is 2. The van der Waals surface area contributed by atoms with Crippen molar-refractivity contribution in [3.8, 4) is 0 Å². The predicted octanol–water partition coefficient (Wildman–Crippen LogP) is 7.94. The van der Waals surface area contributed by atoms with Crippen molar-refractivity contribution in [3.63, 3.8) is 0 Å². The summed E-state index contributed by atoms with van der Waals surface area (Å²) in [6, 6.07) is 16.4. The smallest absolute Gasteiger partial charge is 0.283 e. The number of carbonyl (C=O) groups is 2. The van der Waals surface area contributed by atoms with Crippen LogP contribution in [-0.4, -0.2) is 11.8 Å². The fraction of sp³-hybridized carbons (Fsp3) is 0. The lowest BCUT2D eigenvalue weighted by Crippen LogP contribution is -2.32. The number of hydrogen-bond donors (Lipinski definition) is 1. The third kappa shape index (κ3) is 4.60. The Morgan fingerprint density at radius 2 is 1.47 bits per heavy atom. The van der Waals surface area contributed by atoms with Crippen LogP contribution >= 0.6 is 69.8 Å². The number of imide groups is 1. The third-order valence-electron chi connectivity index (χ3n) is 4.44. The van der Waals surface area contributed by atoms with Gasteiger partial charge in [0.2, 0.25) is 0 Å². The summed E-state index contributed by atoms with van der Waals surface area (Å²) in [5, 5.41) is 4.55. The van der Waals surface area contributed by atoms with E-state index in [1.165, 1.54) is 0 Å². The van der Waals surface area contributed by atoms with E-state index in [1.54, 1.807) is 60.7 Å². The van der Waals surface area contributed by atoms with E-state index in [4.69, 9.17) is 58.0 Å². The highest BCUT2D eigenvalue weighted by molar-refractivity contribution is 8.04. The number of nitrogens with one attached hydrogen (secondary N) is 1. The monoisotopic (exact) mass is 542 g/mol. The molecule has 0 saturated heterocycles. The molecule has 0 spiro atoms. The Bertz CT molecular complexity index is 1280. The van der Waals surface area contributed by atoms with Gasteiger partial charge in [0.25, 0.3) is 11.8 Å². The Morgan fingerprint density at radius 3 is 2.16 bits per heavy atom. The first-order valence-corrected chi connectivity index (χ1v) is 11.7. The fourth-order valence-electron chi connectivity index (χ4n) is 2.94. The molecule has 0 unspecified atom stereocenters. The largest absolute Gasteiger partial charge is 0.350 e. The molecule has 0 bridgehead atoms. The minimum Gasteiger partial charge on any atom is -0.350 e. The second-order valence-electron chi connectivity index (χ2n) is 6.53. The third-order valence-corrected chi connectivity index (χ3v) is 7.33. The van der Waals surface area contributed by atoms with Crippen molar-refractivity contribution in [2.75, 3.05) is 10.2 Å². The van der Waals surface area contributed by atoms with Crippen molar-refractivity contribution in [2.45, 2.75) is 4.90 Å². The van der Waals surface area contributed by atoms with Crippen LogP contribution in [0, 0.1) is 0 Å². The number of anilines is 2. The second-order valence-corrected chi connectivity index (χ2v) is 9.65. The van der Waals surface area contributed by atoms with Gasteiger partial charge in [-0.25, -0.2) is 4.90 Å². The first kappa shape index (κ1) is 23.3. The summed E-state index contributed by atoms with van der Waals surface area (Å²) in [4.78, 5) is 28.7. The number of nitrogens with zero attached hydrogens (tertiary/aromatic N) is 1. The second kappa shape index (κ2) is 9.56. The molecule has 0 saturated carbocycles. The minimum atomic E-state index is -0.582. The molecule has 0 radical (unpaired) electrons. The summed E-state index contributed by atoms with van der Waals surface area (Å²) < 4.78 is 0. The highest BCUT2D eigenvalue weighted by Crippen LogP contribution is 2.41. The molecular formula is C22H11Cl5N2O2S. The zero-order valence-corrected chi connectivity index (χ0v) is 20.4. The van der Waals surface area contributed by atoms with E-state index in [9.17, 15) is 9.59 Å². The molecule has 3 aromatic rings. The number of rotatable bonds is 5. The Hall–Kier alpha value is -1.86. The van der Waals surface area contributed by atoms with Crippen LogP contribution in [0.3, 0.4) is 0 Å². The Morgan fingerprint density at radius 1 is 0.750 bits per heavy atom. The molecule has 4 rings (SSSR count). The van der Waals surface area contributed by atoms with Crippen molar-refractivity contribution >= 4 is 93.0 Å². The fourth-order valence-corrected chi connectivity index (χ4v) is 4.67. The van der Waals surface area contributed by atoms with Crippen LogP contribution in [0.4, 0.5) is 11.4 Å². The van der Waals surface area contributed by atoms with Gasteiger partial charge in [0.1, 0.15) is 10.6 Å². The maximum atomic E-state index is 13.4. The van der Waals surface area contributed by atoms with Gasteiger partial charge in [-0.1, -0.05) is 75.8 Å². The van der Waals surface area contributed by atoms with E-state index in [0.29, 0.717) is 20.8 Å². The molecule has 0 aromatic heterocycles. The average Bonchev–Trinajstić information content (AvgIpc) is 2.98. The van der Waals surface area contributed by atoms with Gasteiger partial charge in [-0.15, -0.1) is 0 Å². The van der Waals surface area contributed by atoms with Crippen LogP contribution in [0.1, 0.15) is 0 Å². The molecule has 1 N–H and O–H groups in total. The molecule has 3 aromatic carbocycles. The standard InChI is InChI=1S/C22H11Cl5N2O2S/c23-11-4-7-13(8-5-11)32-20-19(28-12-6-9-14(24)16(26)10-12)21(30)29(22(20)31)17-3-1-2-15(25)18(17)27/h1-10,28H. The van der Waals surface area contributed by atoms with Gasteiger partial charge in [-0.2, -0.15) is 0 Å². The molecule has 0 fully saturated rings. The molecule has 0 aliphatic carbocycles. The molecule has 10 heteroatoms. The van der Waals surface area contributed by atoms with E-state index in [0.717, 1.165) is 21.6 Å². The van der Waals surface area contributed by atoms with Crippen molar-refractivity contribution < 1.29 is 9.59 Å². The normalized spacial score (nSPS) is 13.8. The topological polar surface area (TPSA) is 49.4 Å². The molecular weight excluding hydrogens is 534 g/mol. The van der Waals surface area contributed by atoms with Crippen LogP contribution in [0.5, 0.6) is 0 Å². The Labute approximate surface area is 213 Å². The number of hydrogen-bond acceptors (Lipinski definition) is 4. The number of benzene rings is 3. The van der Waals surface area contributed by atoms with Gasteiger partial charge < -0.3 is 5.32 Å². The average molecular weight is 545 g/mol. The molecule has 162 valence electrons. The van der Waals surface area contributed by atoms with Crippen LogP contribution in [0.15, 0.2) is 76.2 Å². The molecule has 1 aliphatic rings. The first-order valence-electron chi connectivity index (χ1n) is 8.99. The predicted molar refractivity (Wildman–Crippen MR) is 133 cm³/mol. The molecule has 4 nitrogen and oxygen atoms in total. The first-order chi connectivity index (χ1) is 15.3. The van der Waals surface area contributed by atoms with E-state index < -0.39 is 11.8 Å². The molecule has 32 heavy (non-hydrogen) atoms. The molecule has 0 atom stereocenters. The quantitative estimate of drug-likeness (QED) is 0.331. The SMILES string of the molecule is O=C1C(Nc2ccc(Cl)c(Cl)c2)=C(Sc2ccc(Cl)cc2)C(=O)N1c1cccc(Cl)c1Cl. The van der Waals surface area contributed by atoms with Crippen LogP contribution in [0.2, 0.25) is 25.1 Å². The Balaban J connectivity index is 1.78. The Kier molecular flexibility index (Phi) is 6.96. The van der Waals surface area contributed by atoms with E-state index in [1.807, 2.05) is 0 Å². The summed E-state index contributed by atoms with van der Waals surface area (Å²) in [6.07, 6.45) is 0. The maximum absolute atomic E-state index is 13.4. The van der Waals surface area contributed by atoms with Crippen LogP contribution < -0.4 is 10.2 Å². The summed E-state index contributed by atoms with van der Waals surface area (Å²) in [5.41, 5.74) is 0.752. The summed E-state index contributed by atoms with van der Waals surface area (Å²) in [6.45, 7) is 0. The zero-order chi connectivity index (χ0) is 23.0. The van der Waals surface area contributed by atoms with Gasteiger partial charge in [-0.3, -0.25) is 9.59 Å². The maximum Gasteiger partial charge on any atom is 0.283 e. The van der Waals surface area contributed by atoms with Crippen LogP contribution in [0.25, 0.3) is 0 Å². The molecule has 1 aliphatic heterocycles. The zero-order valence-electron chi connectivity index (χ0n) is 15.8. The van der Waals surface area contributed by atoms with Gasteiger partial charge >= 0.3 is 0 Å². The van der Waals surface area contributed by atoms with Crippen molar-refractivity contribution in [1.82, 2.24) is 0 Å². The van der Waals surface area contributed by atoms with Gasteiger partial charge in [0.05, 0.1) is 25.8 Å². The lowest BCUT2D eigenvalue weighted by Gasteiger charge is -2.17. The van der Waals surface area contributed by atoms with Crippen LogP contribution in [-0.2, 0) is 9.59 Å². The van der Waals surface area contributed by atoms with E-state index >= 15 is 0 Å². The number of halogens is 5. The lowest BCUT2D eigenvalue weighted by molar-refractivity contribution is -0.120. The van der Waals surface area contributed by atoms with Crippen molar-refractivity contribution in [3.05, 3.63) is 96.4 Å². The summed E-state index contributed by atoms with van der Waals surface area (Å²) in [5.74, 6) is -1.12. The summed E-state index contributed by atoms with van der Waals surface area (Å²) in [7, 11) is 0. The van der Waals surface area contributed by atoms with E-state index in [-0.39, 0.29) is 26.3 Å². The summed E-state index contributed by atoms with van der Waals surface area (Å²) >= 11 is 31.6.